The molecule has 0 bridgehead atoms. The minimum absolute atomic E-state index is 0.0383. The predicted molar refractivity (Wildman–Crippen MR) is 68.9 cm³/mol. The van der Waals surface area contributed by atoms with E-state index >= 15 is 0 Å². The molecule has 0 saturated carbocycles. The molecular formula is C10H13N3O3S2. The topological polar surface area (TPSA) is 90.6 Å². The average molecular weight is 287 g/mol. The summed E-state index contributed by atoms with van der Waals surface area (Å²) < 4.78 is 23.1. The monoisotopic (exact) mass is 287 g/mol. The predicted octanol–water partition coefficient (Wildman–Crippen LogP) is 0.0170. The molecule has 2 atom stereocenters. The van der Waals surface area contributed by atoms with Crippen LogP contribution in [0.5, 0.6) is 0 Å². The van der Waals surface area contributed by atoms with E-state index in [4.69, 9.17) is 5.26 Å². The van der Waals surface area contributed by atoms with E-state index < -0.39 is 15.7 Å². The molecule has 0 aromatic carbocycles. The largest absolute Gasteiger partial charge is 0.346 e. The quantitative estimate of drug-likeness (QED) is 0.711. The molecule has 0 N–H and O–H groups in total. The Kier molecular flexibility index (Phi) is 3.64. The van der Waals surface area contributed by atoms with E-state index in [2.05, 4.69) is 4.99 Å². The lowest BCUT2D eigenvalue weighted by Crippen LogP contribution is -2.37. The van der Waals surface area contributed by atoms with Gasteiger partial charge in [0, 0.05) is 11.8 Å². The van der Waals surface area contributed by atoms with Crippen LogP contribution in [0.4, 0.5) is 0 Å². The number of sulfone groups is 1. The summed E-state index contributed by atoms with van der Waals surface area (Å²) in [5, 5.41) is 8.94. The van der Waals surface area contributed by atoms with E-state index in [9.17, 15) is 13.2 Å². The first-order valence-corrected chi connectivity index (χ1v) is 8.29. The fourth-order valence-corrected chi connectivity index (χ4v) is 6.25. The van der Waals surface area contributed by atoms with Crippen molar-refractivity contribution in [1.29, 1.82) is 5.26 Å². The van der Waals surface area contributed by atoms with Gasteiger partial charge in [0.05, 0.1) is 23.6 Å². The van der Waals surface area contributed by atoms with Crippen LogP contribution in [0.1, 0.15) is 13.3 Å². The third-order valence-corrected chi connectivity index (χ3v) is 6.21. The second kappa shape index (κ2) is 4.90. The number of fused-ring (bicyclic) bond motifs is 1. The van der Waals surface area contributed by atoms with Gasteiger partial charge in [-0.25, -0.2) is 8.42 Å². The van der Waals surface area contributed by atoms with Gasteiger partial charge in [-0.1, -0.05) is 11.8 Å². The normalized spacial score (nSPS) is 31.3. The Balaban J connectivity index is 2.19. The zero-order chi connectivity index (χ0) is 13.3. The van der Waals surface area contributed by atoms with Crippen LogP contribution in [0.25, 0.3) is 0 Å². The third-order valence-electron chi connectivity index (χ3n) is 2.97. The Morgan fingerprint density at radius 3 is 2.94 bits per heavy atom. The average Bonchev–Trinajstić information content (AvgIpc) is 2.69. The molecule has 2 aliphatic heterocycles. The van der Waals surface area contributed by atoms with Gasteiger partial charge < -0.3 is 4.90 Å². The number of carbonyl (C=O) groups excluding carboxylic acids is 1. The summed E-state index contributed by atoms with van der Waals surface area (Å²) in [6, 6.07) is 1.67. The molecule has 8 heteroatoms. The Hall–Kier alpha value is -1.07. The molecule has 98 valence electrons. The van der Waals surface area contributed by atoms with Crippen LogP contribution < -0.4 is 0 Å². The molecule has 2 fully saturated rings. The smallest absolute Gasteiger partial charge is 0.262 e. The minimum atomic E-state index is -2.97. The van der Waals surface area contributed by atoms with Gasteiger partial charge in [-0.05, 0) is 6.92 Å². The summed E-state index contributed by atoms with van der Waals surface area (Å²) >= 11 is 1.34. The lowest BCUT2D eigenvalue weighted by atomic mass is 10.2. The minimum Gasteiger partial charge on any atom is -0.346 e. The molecular weight excluding hydrogens is 274 g/mol. The number of nitrogens with zero attached hydrogens (tertiary/aromatic N) is 3. The molecule has 0 unspecified atom stereocenters. The number of nitriles is 1. The van der Waals surface area contributed by atoms with Crippen LogP contribution in [0.15, 0.2) is 4.99 Å². The summed E-state index contributed by atoms with van der Waals surface area (Å²) in [6.45, 7) is 2.51. The van der Waals surface area contributed by atoms with Gasteiger partial charge in [0.15, 0.2) is 15.0 Å². The molecule has 2 aliphatic rings. The molecule has 0 aliphatic carbocycles. The van der Waals surface area contributed by atoms with Crippen molar-refractivity contribution in [3.8, 4) is 6.07 Å². The number of aliphatic imine (C=N–C) groups is 1. The fraction of sp³-hybridized carbons (Fsp3) is 0.700. The lowest BCUT2D eigenvalue weighted by Gasteiger charge is -2.21. The second-order valence-corrected chi connectivity index (χ2v) is 7.57. The Morgan fingerprint density at radius 1 is 1.61 bits per heavy atom. The van der Waals surface area contributed by atoms with Crippen molar-refractivity contribution in [1.82, 2.24) is 4.90 Å². The maximum absolute atomic E-state index is 11.5. The van der Waals surface area contributed by atoms with Crippen LogP contribution >= 0.6 is 11.8 Å². The lowest BCUT2D eigenvalue weighted by molar-refractivity contribution is -0.116. The van der Waals surface area contributed by atoms with Crippen molar-refractivity contribution >= 4 is 32.7 Å². The van der Waals surface area contributed by atoms with Crippen molar-refractivity contribution in [3.05, 3.63) is 0 Å². The van der Waals surface area contributed by atoms with Crippen molar-refractivity contribution in [2.24, 2.45) is 4.99 Å². The number of amidine groups is 1. The highest BCUT2D eigenvalue weighted by Crippen LogP contribution is 2.37. The van der Waals surface area contributed by atoms with E-state index in [1.54, 1.807) is 6.07 Å². The van der Waals surface area contributed by atoms with Gasteiger partial charge in [-0.15, -0.1) is 0 Å². The maximum Gasteiger partial charge on any atom is 0.262 e. The van der Waals surface area contributed by atoms with Gasteiger partial charge in [-0.3, -0.25) is 4.79 Å². The zero-order valence-corrected chi connectivity index (χ0v) is 11.5. The van der Waals surface area contributed by atoms with Crippen molar-refractivity contribution in [2.75, 3.05) is 18.1 Å². The highest BCUT2D eigenvalue weighted by molar-refractivity contribution is 8.15. The molecule has 2 rings (SSSR count). The second-order valence-electron chi connectivity index (χ2n) is 4.21. The van der Waals surface area contributed by atoms with Gasteiger partial charge >= 0.3 is 0 Å². The Labute approximate surface area is 110 Å². The molecule has 1 amide bonds. The summed E-state index contributed by atoms with van der Waals surface area (Å²) in [7, 11) is -2.97. The highest BCUT2D eigenvalue weighted by atomic mass is 32.2. The first-order valence-electron chi connectivity index (χ1n) is 5.59. The van der Waals surface area contributed by atoms with Crippen molar-refractivity contribution in [3.63, 3.8) is 0 Å². The van der Waals surface area contributed by atoms with Crippen LogP contribution in [0, 0.1) is 11.3 Å². The molecule has 18 heavy (non-hydrogen) atoms. The molecule has 0 aromatic heterocycles. The van der Waals surface area contributed by atoms with Gasteiger partial charge in [-0.2, -0.15) is 10.3 Å². The summed E-state index contributed by atoms with van der Waals surface area (Å²) in [4.78, 5) is 17.1. The van der Waals surface area contributed by atoms with Crippen molar-refractivity contribution in [2.45, 2.75) is 24.6 Å². The van der Waals surface area contributed by atoms with E-state index in [0.717, 1.165) is 0 Å². The van der Waals surface area contributed by atoms with Crippen LogP contribution in [0.2, 0.25) is 0 Å². The van der Waals surface area contributed by atoms with Gasteiger partial charge in [0.25, 0.3) is 5.91 Å². The number of hydrogen-bond donors (Lipinski definition) is 0. The number of thioether (sulfide) groups is 1. The standard InChI is InChI=1S/C10H13N3O3S2/c1-2-13-7-5-18(15,16)6-8(7)17-10(13)12-9(14)3-4-11/h7-8H,2-3,5-6H2,1H3/t7-,8+/m0/s1. The highest BCUT2D eigenvalue weighted by Gasteiger charge is 2.48. The number of hydrogen-bond acceptors (Lipinski definition) is 5. The van der Waals surface area contributed by atoms with Crippen LogP contribution in [0.3, 0.4) is 0 Å². The number of amides is 1. The summed E-state index contributed by atoms with van der Waals surface area (Å²) in [5.41, 5.74) is 0. The third kappa shape index (κ3) is 2.52. The molecule has 2 saturated heterocycles. The van der Waals surface area contributed by atoms with Gasteiger partial charge in [0.1, 0.15) is 6.42 Å². The SMILES string of the molecule is CCN1C(=NC(=O)CC#N)S[C@@H]2CS(=O)(=O)C[C@@H]21. The zero-order valence-electron chi connectivity index (χ0n) is 9.87. The fourth-order valence-electron chi connectivity index (χ4n) is 2.22. The van der Waals surface area contributed by atoms with Gasteiger partial charge in [0.2, 0.25) is 0 Å². The maximum atomic E-state index is 11.5. The molecule has 2 heterocycles. The first kappa shape index (κ1) is 13.4. The Morgan fingerprint density at radius 2 is 2.33 bits per heavy atom. The molecule has 0 aromatic rings. The summed E-state index contributed by atoms with van der Waals surface area (Å²) in [5.74, 6) is -0.199. The number of rotatable bonds is 2. The van der Waals surface area contributed by atoms with Crippen LogP contribution in [-0.4, -0.2) is 53.7 Å². The van der Waals surface area contributed by atoms with Crippen molar-refractivity contribution < 1.29 is 13.2 Å². The Bertz CT molecular complexity index is 535. The molecule has 0 radical (unpaired) electrons. The molecule has 0 spiro atoms. The van der Waals surface area contributed by atoms with E-state index in [1.807, 2.05) is 11.8 Å². The first-order chi connectivity index (χ1) is 8.46. The van der Waals surface area contributed by atoms with E-state index in [0.29, 0.717) is 11.7 Å². The molecule has 6 nitrogen and oxygen atoms in total. The van der Waals surface area contributed by atoms with E-state index in [-0.39, 0.29) is 29.2 Å². The van der Waals surface area contributed by atoms with E-state index in [1.165, 1.54) is 11.8 Å². The number of carbonyl (C=O) groups is 1. The van der Waals surface area contributed by atoms with Crippen LogP contribution in [-0.2, 0) is 14.6 Å². The summed E-state index contributed by atoms with van der Waals surface area (Å²) in [6.07, 6.45) is -0.241.